The highest BCUT2D eigenvalue weighted by Crippen LogP contribution is 2.32. The molecule has 1 rings (SSSR count). The van der Waals surface area contributed by atoms with E-state index in [0.29, 0.717) is 6.20 Å². The Bertz CT molecular complexity index is 449. The molecule has 0 fully saturated rings. The lowest BCUT2D eigenvalue weighted by Crippen LogP contribution is -2.20. The standard InChI is InChI=1S/C7H7F3N4O3/c8-7(9,10)17-6-3(1-11)5(12)4(2-13-6)14(15)16/h2H,1,11H2,(H2,12,13). The zero-order valence-electron chi connectivity index (χ0n) is 8.19. The maximum Gasteiger partial charge on any atom is 0.574 e. The van der Waals surface area contributed by atoms with Crippen LogP contribution in [0.5, 0.6) is 5.88 Å². The summed E-state index contributed by atoms with van der Waals surface area (Å²) in [5.41, 5.74) is 8.97. The third-order valence-corrected chi connectivity index (χ3v) is 1.78. The summed E-state index contributed by atoms with van der Waals surface area (Å²) in [5.74, 6) is -0.886. The van der Waals surface area contributed by atoms with Crippen LogP contribution in [0.2, 0.25) is 0 Å². The van der Waals surface area contributed by atoms with Crippen LogP contribution in [-0.4, -0.2) is 16.3 Å². The number of hydrogen-bond donors (Lipinski definition) is 2. The van der Waals surface area contributed by atoms with E-state index in [2.05, 4.69) is 9.72 Å². The maximum absolute atomic E-state index is 12.0. The van der Waals surface area contributed by atoms with Crippen LogP contribution in [0, 0.1) is 10.1 Å². The van der Waals surface area contributed by atoms with E-state index in [4.69, 9.17) is 11.5 Å². The average Bonchev–Trinajstić information content (AvgIpc) is 2.15. The number of nitrogens with zero attached hydrogens (tertiary/aromatic N) is 2. The molecule has 10 heteroatoms. The predicted molar refractivity (Wildman–Crippen MR) is 49.9 cm³/mol. The molecule has 0 aromatic carbocycles. The molecule has 0 bridgehead atoms. The number of nitro groups is 1. The summed E-state index contributed by atoms with van der Waals surface area (Å²) in [5, 5.41) is 10.5. The van der Waals surface area contributed by atoms with Crippen molar-refractivity contribution in [3.05, 3.63) is 21.9 Å². The third kappa shape index (κ3) is 2.93. The van der Waals surface area contributed by atoms with Crippen molar-refractivity contribution in [2.75, 3.05) is 5.73 Å². The number of hydrogen-bond acceptors (Lipinski definition) is 6. The molecule has 0 unspecified atom stereocenters. The van der Waals surface area contributed by atoms with Crippen molar-refractivity contribution in [1.29, 1.82) is 0 Å². The number of nitrogen functional groups attached to an aromatic ring is 1. The van der Waals surface area contributed by atoms with E-state index in [1.807, 2.05) is 0 Å². The summed E-state index contributed by atoms with van der Waals surface area (Å²) in [6.45, 7) is -0.466. The first kappa shape index (κ1) is 13.0. The molecule has 0 radical (unpaired) electrons. The average molecular weight is 252 g/mol. The van der Waals surface area contributed by atoms with Gasteiger partial charge in [-0.05, 0) is 0 Å². The van der Waals surface area contributed by atoms with Crippen molar-refractivity contribution in [3.8, 4) is 5.88 Å². The maximum atomic E-state index is 12.0. The Morgan fingerprint density at radius 3 is 2.53 bits per heavy atom. The van der Waals surface area contributed by atoms with Gasteiger partial charge >= 0.3 is 12.0 Å². The van der Waals surface area contributed by atoms with Crippen LogP contribution >= 0.6 is 0 Å². The van der Waals surface area contributed by atoms with Gasteiger partial charge in [-0.1, -0.05) is 0 Å². The second kappa shape index (κ2) is 4.41. The van der Waals surface area contributed by atoms with Gasteiger partial charge in [-0.3, -0.25) is 10.1 Å². The molecule has 0 atom stereocenters. The first-order valence-corrected chi connectivity index (χ1v) is 4.13. The Morgan fingerprint density at radius 1 is 1.53 bits per heavy atom. The zero-order chi connectivity index (χ0) is 13.2. The highest BCUT2D eigenvalue weighted by molar-refractivity contribution is 5.64. The molecule has 0 spiro atoms. The van der Waals surface area contributed by atoms with Crippen LogP contribution in [0.25, 0.3) is 0 Å². The smallest absolute Gasteiger partial charge is 0.393 e. The van der Waals surface area contributed by atoms with Gasteiger partial charge in [-0.15, -0.1) is 13.2 Å². The fraction of sp³-hybridized carbons (Fsp3) is 0.286. The molecule has 1 aromatic heterocycles. The number of pyridine rings is 1. The molecule has 7 nitrogen and oxygen atoms in total. The molecule has 1 heterocycles. The van der Waals surface area contributed by atoms with Crippen molar-refractivity contribution in [3.63, 3.8) is 0 Å². The molecule has 17 heavy (non-hydrogen) atoms. The molecule has 0 aliphatic heterocycles. The number of nitrogens with two attached hydrogens (primary N) is 2. The van der Waals surface area contributed by atoms with E-state index in [9.17, 15) is 23.3 Å². The van der Waals surface area contributed by atoms with Gasteiger partial charge in [0.1, 0.15) is 11.9 Å². The number of halogens is 3. The van der Waals surface area contributed by atoms with Crippen LogP contribution in [0.15, 0.2) is 6.20 Å². The topological polar surface area (TPSA) is 117 Å². The van der Waals surface area contributed by atoms with Gasteiger partial charge in [0.25, 0.3) is 0 Å². The van der Waals surface area contributed by atoms with Crippen molar-refractivity contribution in [1.82, 2.24) is 4.98 Å². The van der Waals surface area contributed by atoms with E-state index in [1.54, 1.807) is 0 Å². The second-order valence-electron chi connectivity index (χ2n) is 2.85. The molecular weight excluding hydrogens is 245 g/mol. The molecule has 1 aromatic rings. The summed E-state index contributed by atoms with van der Waals surface area (Å²) < 4.78 is 39.5. The van der Waals surface area contributed by atoms with Crippen LogP contribution in [0.4, 0.5) is 24.5 Å². The first-order chi connectivity index (χ1) is 7.76. The Labute approximate surface area is 92.3 Å². The molecular formula is C7H7F3N4O3. The molecule has 0 aliphatic rings. The first-order valence-electron chi connectivity index (χ1n) is 4.13. The van der Waals surface area contributed by atoms with Crippen LogP contribution in [0.3, 0.4) is 0 Å². The number of ether oxygens (including phenoxy) is 1. The molecule has 94 valence electrons. The lowest BCUT2D eigenvalue weighted by Gasteiger charge is -2.12. The third-order valence-electron chi connectivity index (χ3n) is 1.78. The second-order valence-corrected chi connectivity index (χ2v) is 2.85. The summed E-state index contributed by atoms with van der Waals surface area (Å²) >= 11 is 0. The van der Waals surface area contributed by atoms with E-state index in [1.165, 1.54) is 0 Å². The van der Waals surface area contributed by atoms with Gasteiger partial charge in [-0.25, -0.2) is 4.98 Å². The van der Waals surface area contributed by atoms with E-state index in [-0.39, 0.29) is 5.56 Å². The molecule has 0 aliphatic carbocycles. The van der Waals surface area contributed by atoms with E-state index < -0.39 is 35.1 Å². The van der Waals surface area contributed by atoms with Crippen LogP contribution < -0.4 is 16.2 Å². The van der Waals surface area contributed by atoms with Crippen LogP contribution in [-0.2, 0) is 6.54 Å². The molecule has 4 N–H and O–H groups in total. The van der Waals surface area contributed by atoms with E-state index >= 15 is 0 Å². The lowest BCUT2D eigenvalue weighted by atomic mass is 10.2. The highest BCUT2D eigenvalue weighted by Gasteiger charge is 2.34. The summed E-state index contributed by atoms with van der Waals surface area (Å²) in [4.78, 5) is 12.8. The molecule has 0 saturated heterocycles. The Morgan fingerprint density at radius 2 is 2.12 bits per heavy atom. The molecule has 0 amide bonds. The number of anilines is 1. The summed E-state index contributed by atoms with van der Waals surface area (Å²) in [6, 6.07) is 0. The summed E-state index contributed by atoms with van der Waals surface area (Å²) in [6.07, 6.45) is -4.39. The SMILES string of the molecule is NCc1c(OC(F)(F)F)ncc([N+](=O)[O-])c1N. The lowest BCUT2D eigenvalue weighted by molar-refractivity contribution is -0.384. The van der Waals surface area contributed by atoms with Gasteiger partial charge in [0.15, 0.2) is 0 Å². The minimum absolute atomic E-state index is 0.364. The quantitative estimate of drug-likeness (QED) is 0.610. The van der Waals surface area contributed by atoms with Gasteiger partial charge < -0.3 is 16.2 Å². The predicted octanol–water partition coefficient (Wildman–Crippen LogP) is 0.929. The number of aromatic nitrogens is 1. The zero-order valence-corrected chi connectivity index (χ0v) is 8.19. The van der Waals surface area contributed by atoms with Gasteiger partial charge in [0, 0.05) is 6.54 Å². The summed E-state index contributed by atoms with van der Waals surface area (Å²) in [7, 11) is 0. The minimum atomic E-state index is -4.97. The Balaban J connectivity index is 3.26. The highest BCUT2D eigenvalue weighted by atomic mass is 19.4. The number of alkyl halides is 3. The van der Waals surface area contributed by atoms with Crippen LogP contribution in [0.1, 0.15) is 5.56 Å². The van der Waals surface area contributed by atoms with Crippen molar-refractivity contribution < 1.29 is 22.8 Å². The van der Waals surface area contributed by atoms with Gasteiger partial charge in [0.05, 0.1) is 10.5 Å². The minimum Gasteiger partial charge on any atom is -0.393 e. The monoisotopic (exact) mass is 252 g/mol. The van der Waals surface area contributed by atoms with E-state index in [0.717, 1.165) is 0 Å². The fourth-order valence-corrected chi connectivity index (χ4v) is 1.08. The number of rotatable bonds is 3. The van der Waals surface area contributed by atoms with Crippen molar-refractivity contribution in [2.45, 2.75) is 12.9 Å². The van der Waals surface area contributed by atoms with Crippen molar-refractivity contribution in [2.24, 2.45) is 5.73 Å². The molecule has 0 saturated carbocycles. The Hall–Kier alpha value is -2.10. The van der Waals surface area contributed by atoms with Gasteiger partial charge in [-0.2, -0.15) is 0 Å². The van der Waals surface area contributed by atoms with Crippen molar-refractivity contribution >= 4 is 11.4 Å². The Kier molecular flexibility index (Phi) is 3.36. The normalized spacial score (nSPS) is 11.3. The fourth-order valence-electron chi connectivity index (χ4n) is 1.08. The van der Waals surface area contributed by atoms with Gasteiger partial charge in [0.2, 0.25) is 5.88 Å². The largest absolute Gasteiger partial charge is 0.574 e.